The molecule has 0 fully saturated rings. The van der Waals surface area contributed by atoms with Crippen LogP contribution in [0.3, 0.4) is 0 Å². The summed E-state index contributed by atoms with van der Waals surface area (Å²) in [7, 11) is 0. The van der Waals surface area contributed by atoms with E-state index in [9.17, 15) is 0 Å². The van der Waals surface area contributed by atoms with E-state index in [0.717, 1.165) is 24.3 Å². The van der Waals surface area contributed by atoms with E-state index < -0.39 is 0 Å². The lowest BCUT2D eigenvalue weighted by Gasteiger charge is -2.36. The van der Waals surface area contributed by atoms with Crippen molar-refractivity contribution in [2.24, 2.45) is 0 Å². The summed E-state index contributed by atoms with van der Waals surface area (Å²) in [4.78, 5) is 4.10. The van der Waals surface area contributed by atoms with Gasteiger partial charge in [-0.3, -0.25) is 4.98 Å². The van der Waals surface area contributed by atoms with Crippen LogP contribution in [0.5, 0.6) is 0 Å². The van der Waals surface area contributed by atoms with Gasteiger partial charge in [-0.25, -0.2) is 0 Å². The third kappa shape index (κ3) is 1.46. The maximum Gasteiger partial charge on any atom is 0.0767 e. The van der Waals surface area contributed by atoms with Gasteiger partial charge in [-0.05, 0) is 19.4 Å². The van der Waals surface area contributed by atoms with Gasteiger partial charge in [0.1, 0.15) is 0 Å². The second-order valence-electron chi connectivity index (χ2n) is 3.81. The fraction of sp³-hybridized carbons (Fsp3) is 0.500. The number of pyridine rings is 1. The fourth-order valence-corrected chi connectivity index (χ4v) is 1.52. The minimum absolute atomic E-state index is 0.163. The van der Waals surface area contributed by atoms with Crippen LogP contribution in [0.2, 0.25) is 0 Å². The SMILES string of the molecule is CCC1(C)CNc2ccncc2N1. The predicted octanol–water partition coefficient (Wildman–Crippen LogP) is 2.09. The zero-order valence-corrected chi connectivity index (χ0v) is 8.09. The Morgan fingerprint density at radius 1 is 1.54 bits per heavy atom. The van der Waals surface area contributed by atoms with Gasteiger partial charge in [-0.15, -0.1) is 0 Å². The second kappa shape index (κ2) is 2.91. The van der Waals surface area contributed by atoms with E-state index in [1.54, 1.807) is 0 Å². The Morgan fingerprint density at radius 2 is 2.38 bits per heavy atom. The number of aromatic nitrogens is 1. The molecule has 0 bridgehead atoms. The first-order chi connectivity index (χ1) is 6.23. The lowest BCUT2D eigenvalue weighted by atomic mass is 9.96. The van der Waals surface area contributed by atoms with Crippen LogP contribution in [0.25, 0.3) is 0 Å². The molecular formula is C10H15N3. The smallest absolute Gasteiger partial charge is 0.0767 e. The quantitative estimate of drug-likeness (QED) is 0.689. The highest BCUT2D eigenvalue weighted by Gasteiger charge is 2.26. The average molecular weight is 177 g/mol. The van der Waals surface area contributed by atoms with E-state index in [4.69, 9.17) is 0 Å². The third-order valence-electron chi connectivity index (χ3n) is 2.71. The van der Waals surface area contributed by atoms with Crippen LogP contribution >= 0.6 is 0 Å². The fourth-order valence-electron chi connectivity index (χ4n) is 1.52. The van der Waals surface area contributed by atoms with E-state index in [1.165, 1.54) is 0 Å². The Morgan fingerprint density at radius 3 is 3.15 bits per heavy atom. The van der Waals surface area contributed by atoms with E-state index in [-0.39, 0.29) is 5.54 Å². The first kappa shape index (κ1) is 8.35. The van der Waals surface area contributed by atoms with Gasteiger partial charge in [0.2, 0.25) is 0 Å². The van der Waals surface area contributed by atoms with Crippen molar-refractivity contribution in [3.63, 3.8) is 0 Å². The summed E-state index contributed by atoms with van der Waals surface area (Å²) in [6, 6.07) is 2.00. The van der Waals surface area contributed by atoms with Crippen LogP contribution in [0, 0.1) is 0 Å². The number of nitrogens with one attached hydrogen (secondary N) is 2. The molecule has 0 radical (unpaired) electrons. The van der Waals surface area contributed by atoms with Gasteiger partial charge in [-0.1, -0.05) is 6.92 Å². The molecule has 2 heterocycles. The maximum atomic E-state index is 4.10. The minimum Gasteiger partial charge on any atom is -0.381 e. The summed E-state index contributed by atoms with van der Waals surface area (Å²) >= 11 is 0. The molecule has 1 unspecified atom stereocenters. The topological polar surface area (TPSA) is 37.0 Å². The van der Waals surface area contributed by atoms with Crippen molar-refractivity contribution in [3.8, 4) is 0 Å². The Balaban J connectivity index is 2.29. The molecule has 2 rings (SSSR count). The Kier molecular flexibility index (Phi) is 1.87. The van der Waals surface area contributed by atoms with Gasteiger partial charge < -0.3 is 10.6 Å². The van der Waals surface area contributed by atoms with E-state index in [1.807, 2.05) is 18.5 Å². The molecule has 3 heteroatoms. The van der Waals surface area contributed by atoms with Gasteiger partial charge in [-0.2, -0.15) is 0 Å². The highest BCUT2D eigenvalue weighted by molar-refractivity contribution is 5.70. The van der Waals surface area contributed by atoms with Crippen LogP contribution in [-0.2, 0) is 0 Å². The minimum atomic E-state index is 0.163. The summed E-state index contributed by atoms with van der Waals surface area (Å²) < 4.78 is 0. The van der Waals surface area contributed by atoms with Crippen molar-refractivity contribution < 1.29 is 0 Å². The molecular weight excluding hydrogens is 162 g/mol. The summed E-state index contributed by atoms with van der Waals surface area (Å²) in [6.07, 6.45) is 4.78. The van der Waals surface area contributed by atoms with E-state index >= 15 is 0 Å². The molecule has 1 aliphatic heterocycles. The highest BCUT2D eigenvalue weighted by Crippen LogP contribution is 2.29. The first-order valence-corrected chi connectivity index (χ1v) is 4.69. The molecule has 0 aromatic carbocycles. The molecule has 0 amide bonds. The van der Waals surface area contributed by atoms with Crippen LogP contribution in [0.1, 0.15) is 20.3 Å². The maximum absolute atomic E-state index is 4.10. The highest BCUT2D eigenvalue weighted by atomic mass is 15.1. The number of hydrogen-bond donors (Lipinski definition) is 2. The zero-order chi connectivity index (χ0) is 9.31. The number of nitrogens with zero attached hydrogens (tertiary/aromatic N) is 1. The lowest BCUT2D eigenvalue weighted by molar-refractivity contribution is 0.513. The van der Waals surface area contributed by atoms with Crippen molar-refractivity contribution in [1.29, 1.82) is 0 Å². The summed E-state index contributed by atoms with van der Waals surface area (Å²) in [5.74, 6) is 0. The third-order valence-corrected chi connectivity index (χ3v) is 2.71. The number of hydrogen-bond acceptors (Lipinski definition) is 3. The normalized spacial score (nSPS) is 25.7. The lowest BCUT2D eigenvalue weighted by Crippen LogP contribution is -2.44. The predicted molar refractivity (Wildman–Crippen MR) is 55.0 cm³/mol. The van der Waals surface area contributed by atoms with Crippen molar-refractivity contribution in [3.05, 3.63) is 18.5 Å². The van der Waals surface area contributed by atoms with E-state index in [0.29, 0.717) is 0 Å². The van der Waals surface area contributed by atoms with Gasteiger partial charge in [0.05, 0.1) is 23.1 Å². The molecule has 13 heavy (non-hydrogen) atoms. The van der Waals surface area contributed by atoms with Gasteiger partial charge in [0, 0.05) is 12.7 Å². The summed E-state index contributed by atoms with van der Waals surface area (Å²) in [6.45, 7) is 5.38. The van der Waals surface area contributed by atoms with Gasteiger partial charge in [0.25, 0.3) is 0 Å². The van der Waals surface area contributed by atoms with Crippen LogP contribution in [0.15, 0.2) is 18.5 Å². The van der Waals surface area contributed by atoms with E-state index in [2.05, 4.69) is 29.5 Å². The number of fused-ring (bicyclic) bond motifs is 1. The second-order valence-corrected chi connectivity index (χ2v) is 3.81. The molecule has 0 saturated carbocycles. The van der Waals surface area contributed by atoms with Crippen molar-refractivity contribution in [2.75, 3.05) is 17.2 Å². The first-order valence-electron chi connectivity index (χ1n) is 4.69. The molecule has 1 aromatic rings. The van der Waals surface area contributed by atoms with Gasteiger partial charge >= 0.3 is 0 Å². The largest absolute Gasteiger partial charge is 0.381 e. The molecule has 0 aliphatic carbocycles. The molecule has 0 spiro atoms. The molecule has 70 valence electrons. The average Bonchev–Trinajstić information content (AvgIpc) is 2.18. The molecule has 1 aromatic heterocycles. The summed E-state index contributed by atoms with van der Waals surface area (Å²) in [5, 5.41) is 6.90. The van der Waals surface area contributed by atoms with Crippen LogP contribution in [0.4, 0.5) is 11.4 Å². The standard InChI is InChI=1S/C10H15N3/c1-3-10(2)7-12-8-4-5-11-6-9(8)13-10/h4-6,12-13H,3,7H2,1-2H3. The van der Waals surface area contributed by atoms with Crippen molar-refractivity contribution >= 4 is 11.4 Å². The Hall–Kier alpha value is -1.25. The Bertz CT molecular complexity index is 311. The van der Waals surface area contributed by atoms with Crippen LogP contribution in [-0.4, -0.2) is 17.1 Å². The number of rotatable bonds is 1. The molecule has 0 saturated heterocycles. The molecule has 1 atom stereocenters. The van der Waals surface area contributed by atoms with Crippen LogP contribution < -0.4 is 10.6 Å². The molecule has 1 aliphatic rings. The van der Waals surface area contributed by atoms with Crippen molar-refractivity contribution in [1.82, 2.24) is 4.98 Å². The number of anilines is 2. The zero-order valence-electron chi connectivity index (χ0n) is 8.09. The monoisotopic (exact) mass is 177 g/mol. The summed E-state index contributed by atoms with van der Waals surface area (Å²) in [5.41, 5.74) is 2.43. The molecule has 2 N–H and O–H groups in total. The molecule has 3 nitrogen and oxygen atoms in total. The van der Waals surface area contributed by atoms with Crippen molar-refractivity contribution in [2.45, 2.75) is 25.8 Å². The Labute approximate surface area is 78.6 Å². The van der Waals surface area contributed by atoms with Gasteiger partial charge in [0.15, 0.2) is 0 Å².